The highest BCUT2D eigenvalue weighted by Gasteiger charge is 2.21. The first-order valence-corrected chi connectivity index (χ1v) is 7.17. The number of nitrogens with two attached hydrogens (primary N) is 2. The molecule has 24 heavy (non-hydrogen) atoms. The molecule has 0 aromatic heterocycles. The monoisotopic (exact) mass is 336 g/mol. The number of carboxylic acids is 1. The Kier molecular flexibility index (Phi) is 7.37. The lowest BCUT2D eigenvalue weighted by molar-refractivity contribution is -0.141. The first-order chi connectivity index (χ1) is 11.3. The summed E-state index contributed by atoms with van der Waals surface area (Å²) in [6.07, 6.45) is -0.240. The molecule has 0 saturated carbocycles. The average Bonchev–Trinajstić information content (AvgIpc) is 2.52. The summed E-state index contributed by atoms with van der Waals surface area (Å²) >= 11 is 0. The lowest BCUT2D eigenvalue weighted by atomic mass is 10.1. The van der Waals surface area contributed by atoms with Crippen LogP contribution < -0.4 is 22.1 Å². The summed E-state index contributed by atoms with van der Waals surface area (Å²) < 4.78 is 0. The van der Waals surface area contributed by atoms with Gasteiger partial charge in [0.1, 0.15) is 6.04 Å². The zero-order chi connectivity index (χ0) is 18.1. The van der Waals surface area contributed by atoms with Crippen molar-refractivity contribution < 1.29 is 24.3 Å². The van der Waals surface area contributed by atoms with E-state index in [4.69, 9.17) is 11.5 Å². The van der Waals surface area contributed by atoms with Gasteiger partial charge in [0.25, 0.3) is 0 Å². The number of hydrogen-bond acceptors (Lipinski definition) is 5. The largest absolute Gasteiger partial charge is 0.480 e. The summed E-state index contributed by atoms with van der Waals surface area (Å²) in [7, 11) is 0. The van der Waals surface area contributed by atoms with Crippen LogP contribution in [0.2, 0.25) is 0 Å². The number of aliphatic carboxylic acids is 1. The summed E-state index contributed by atoms with van der Waals surface area (Å²) in [6, 6.07) is 6.51. The molecule has 0 heterocycles. The Morgan fingerprint density at radius 1 is 1.12 bits per heavy atom. The highest BCUT2D eigenvalue weighted by molar-refractivity contribution is 5.91. The Morgan fingerprint density at radius 3 is 2.29 bits per heavy atom. The molecule has 1 aromatic rings. The number of amides is 3. The van der Waals surface area contributed by atoms with Crippen molar-refractivity contribution in [3.63, 3.8) is 0 Å². The molecule has 7 N–H and O–H groups in total. The average molecular weight is 336 g/mol. The minimum atomic E-state index is -1.19. The van der Waals surface area contributed by atoms with Crippen molar-refractivity contribution in [3.8, 4) is 0 Å². The van der Waals surface area contributed by atoms with Crippen molar-refractivity contribution in [1.29, 1.82) is 0 Å². The van der Waals surface area contributed by atoms with Crippen molar-refractivity contribution in [2.24, 2.45) is 11.5 Å². The van der Waals surface area contributed by atoms with Crippen molar-refractivity contribution in [3.05, 3.63) is 35.9 Å². The number of carboxylic acid groups (broad SMARTS) is 1. The molecule has 1 rings (SSSR count). The van der Waals surface area contributed by atoms with E-state index in [0.717, 1.165) is 5.56 Å². The van der Waals surface area contributed by atoms with Gasteiger partial charge in [-0.15, -0.1) is 0 Å². The third-order valence-electron chi connectivity index (χ3n) is 3.10. The lowest BCUT2D eigenvalue weighted by Crippen LogP contribution is -2.49. The zero-order valence-corrected chi connectivity index (χ0v) is 12.9. The van der Waals surface area contributed by atoms with Gasteiger partial charge in [-0.1, -0.05) is 30.3 Å². The second-order valence-electron chi connectivity index (χ2n) is 5.14. The van der Waals surface area contributed by atoms with E-state index in [1.165, 1.54) is 0 Å². The number of carbonyl (C=O) groups excluding carboxylic acids is 3. The van der Waals surface area contributed by atoms with Crippen LogP contribution in [0.3, 0.4) is 0 Å². The molecule has 0 radical (unpaired) electrons. The number of rotatable bonds is 9. The van der Waals surface area contributed by atoms with Crippen LogP contribution in [-0.4, -0.2) is 47.4 Å². The van der Waals surface area contributed by atoms with Gasteiger partial charge in [-0.25, -0.2) is 4.79 Å². The quantitative estimate of drug-likeness (QED) is 0.354. The lowest BCUT2D eigenvalue weighted by Gasteiger charge is -2.15. The minimum Gasteiger partial charge on any atom is -0.480 e. The number of benzene rings is 1. The Hall–Kier alpha value is -2.94. The summed E-state index contributed by atoms with van der Waals surface area (Å²) in [5.41, 5.74) is 11.1. The molecule has 0 spiro atoms. The van der Waals surface area contributed by atoms with Crippen molar-refractivity contribution in [2.45, 2.75) is 24.9 Å². The van der Waals surface area contributed by atoms with Crippen molar-refractivity contribution in [1.82, 2.24) is 10.6 Å². The van der Waals surface area contributed by atoms with Crippen LogP contribution in [0.5, 0.6) is 0 Å². The second kappa shape index (κ2) is 9.26. The van der Waals surface area contributed by atoms with Gasteiger partial charge in [-0.05, 0) is 5.56 Å². The van der Waals surface area contributed by atoms with Gasteiger partial charge in [0.05, 0.1) is 19.0 Å². The molecule has 9 nitrogen and oxygen atoms in total. The molecular weight excluding hydrogens is 316 g/mol. The zero-order valence-electron chi connectivity index (χ0n) is 12.9. The van der Waals surface area contributed by atoms with Gasteiger partial charge < -0.3 is 27.2 Å². The smallest absolute Gasteiger partial charge is 0.326 e. The topological polar surface area (TPSA) is 165 Å². The SMILES string of the molecule is NC(=O)CC(N)C(=O)NCC(=O)NC(Cc1ccccc1)C(=O)O. The van der Waals surface area contributed by atoms with Gasteiger partial charge in [0, 0.05) is 6.42 Å². The second-order valence-corrected chi connectivity index (χ2v) is 5.14. The fourth-order valence-corrected chi connectivity index (χ4v) is 1.90. The van der Waals surface area contributed by atoms with Crippen LogP contribution in [-0.2, 0) is 25.6 Å². The minimum absolute atomic E-state index is 0.108. The van der Waals surface area contributed by atoms with E-state index in [1.807, 2.05) is 0 Å². The van der Waals surface area contributed by atoms with E-state index in [2.05, 4.69) is 10.6 Å². The number of hydrogen-bond donors (Lipinski definition) is 5. The molecule has 0 aliphatic carbocycles. The summed E-state index contributed by atoms with van der Waals surface area (Å²) in [5.74, 6) is -3.34. The van der Waals surface area contributed by atoms with Gasteiger partial charge in [-0.3, -0.25) is 14.4 Å². The molecule has 0 aliphatic rings. The fourth-order valence-electron chi connectivity index (χ4n) is 1.90. The first kappa shape index (κ1) is 19.1. The van der Waals surface area contributed by atoms with Crippen LogP contribution in [0, 0.1) is 0 Å². The Labute approximate surface area is 138 Å². The molecule has 130 valence electrons. The molecule has 0 bridgehead atoms. The maximum atomic E-state index is 11.8. The molecule has 0 fully saturated rings. The first-order valence-electron chi connectivity index (χ1n) is 7.17. The summed E-state index contributed by atoms with van der Waals surface area (Å²) in [4.78, 5) is 45.2. The van der Waals surface area contributed by atoms with E-state index >= 15 is 0 Å². The van der Waals surface area contributed by atoms with Crippen LogP contribution in [0.1, 0.15) is 12.0 Å². The molecule has 0 aliphatic heterocycles. The molecule has 1 aromatic carbocycles. The summed E-state index contributed by atoms with van der Waals surface area (Å²) in [6.45, 7) is -0.454. The van der Waals surface area contributed by atoms with Crippen LogP contribution in [0.15, 0.2) is 30.3 Å². The number of carbonyl (C=O) groups is 4. The third kappa shape index (κ3) is 6.88. The van der Waals surface area contributed by atoms with Crippen molar-refractivity contribution in [2.75, 3.05) is 6.54 Å². The summed E-state index contributed by atoms with van der Waals surface area (Å²) in [5, 5.41) is 13.7. The third-order valence-corrected chi connectivity index (χ3v) is 3.10. The van der Waals surface area contributed by atoms with Gasteiger partial charge in [0.2, 0.25) is 17.7 Å². The molecule has 3 amide bonds. The fraction of sp³-hybridized carbons (Fsp3) is 0.333. The maximum absolute atomic E-state index is 11.8. The molecule has 2 unspecified atom stereocenters. The molecular formula is C15H20N4O5. The van der Waals surface area contributed by atoms with Crippen LogP contribution >= 0.6 is 0 Å². The van der Waals surface area contributed by atoms with Gasteiger partial charge in [-0.2, -0.15) is 0 Å². The van der Waals surface area contributed by atoms with Crippen LogP contribution in [0.4, 0.5) is 0 Å². The van der Waals surface area contributed by atoms with Crippen molar-refractivity contribution >= 4 is 23.7 Å². The highest BCUT2D eigenvalue weighted by atomic mass is 16.4. The molecule has 2 atom stereocenters. The van der Waals surface area contributed by atoms with Crippen LogP contribution in [0.25, 0.3) is 0 Å². The predicted molar refractivity (Wildman–Crippen MR) is 84.5 cm³/mol. The van der Waals surface area contributed by atoms with E-state index in [1.54, 1.807) is 30.3 Å². The van der Waals surface area contributed by atoms with E-state index < -0.39 is 42.3 Å². The van der Waals surface area contributed by atoms with E-state index in [0.29, 0.717) is 0 Å². The highest BCUT2D eigenvalue weighted by Crippen LogP contribution is 2.03. The standard InChI is InChI=1S/C15H20N4O5/c16-10(7-12(17)20)14(22)18-8-13(21)19-11(15(23)24)6-9-4-2-1-3-5-9/h1-5,10-11H,6-8,16H2,(H2,17,20)(H,18,22)(H,19,21)(H,23,24). The van der Waals surface area contributed by atoms with E-state index in [9.17, 15) is 24.3 Å². The molecule has 9 heteroatoms. The van der Waals surface area contributed by atoms with Gasteiger partial charge in [0.15, 0.2) is 0 Å². The normalized spacial score (nSPS) is 12.7. The van der Waals surface area contributed by atoms with Gasteiger partial charge >= 0.3 is 5.97 Å². The number of primary amides is 1. The predicted octanol–water partition coefficient (Wildman–Crippen LogP) is -1.88. The number of nitrogens with one attached hydrogen (secondary N) is 2. The maximum Gasteiger partial charge on any atom is 0.326 e. The Bertz CT molecular complexity index is 605. The Balaban J connectivity index is 2.50. The molecule has 0 saturated heterocycles. The van der Waals surface area contributed by atoms with E-state index in [-0.39, 0.29) is 12.8 Å². The Morgan fingerprint density at radius 2 is 1.75 bits per heavy atom.